The number of rotatable bonds is 39. The first-order chi connectivity index (χ1) is 21.8. The normalized spacial score (nSPS) is 11.4. The molecule has 0 aromatic carbocycles. The van der Waals surface area contributed by atoms with E-state index in [0.717, 1.165) is 12.5 Å². The predicted molar refractivity (Wildman–Crippen MR) is 203 cm³/mol. The third-order valence-electron chi connectivity index (χ3n) is 9.51. The Labute approximate surface area is 288 Å². The molecule has 0 amide bonds. The number of nitrogens with zero attached hydrogens (tertiary/aromatic N) is 1. The first kappa shape index (κ1) is 44.2. The summed E-state index contributed by atoms with van der Waals surface area (Å²) in [6.07, 6.45) is 52.6. The van der Waals surface area contributed by atoms with E-state index in [4.69, 9.17) is 22.2 Å². The lowest BCUT2D eigenvalue weighted by Crippen LogP contribution is -1.91. The van der Waals surface area contributed by atoms with Crippen LogP contribution in [0.4, 0.5) is 0 Å². The summed E-state index contributed by atoms with van der Waals surface area (Å²) in [6.45, 7) is 0.667. The fourth-order valence-corrected chi connectivity index (χ4v) is 8.07. The number of hydrogen-bond donors (Lipinski definition) is 0. The van der Waals surface area contributed by atoms with E-state index >= 15 is 0 Å². The van der Waals surface area contributed by atoms with Crippen LogP contribution in [-0.2, 0) is 4.79 Å². The van der Waals surface area contributed by atoms with E-state index in [-0.39, 0.29) is 0 Å². The second-order valence-corrected chi connectivity index (χ2v) is 19.1. The number of unbranched alkanes of at least 4 members (excludes halogenated alkanes) is 35. The van der Waals surface area contributed by atoms with Gasteiger partial charge in [-0.15, -0.1) is 0 Å². The molecule has 0 N–H and O–H groups in total. The van der Waals surface area contributed by atoms with Gasteiger partial charge in [0.2, 0.25) is 13.5 Å². The molecule has 0 aromatic rings. The molecular weight excluding hydrogens is 597 g/mol. The average Bonchev–Trinajstić information content (AvgIpc) is 3.02. The van der Waals surface area contributed by atoms with E-state index < -0.39 is 7.42 Å². The van der Waals surface area contributed by atoms with Crippen molar-refractivity contribution in [2.24, 2.45) is 4.99 Å². The number of hydrogen-bond acceptors (Lipinski definition) is 2. The lowest BCUT2D eigenvalue weighted by molar-refractivity contribution is 0.510. The second kappa shape index (κ2) is 41.2. The van der Waals surface area contributed by atoms with Crippen LogP contribution < -0.4 is 0 Å². The smallest absolute Gasteiger partial charge is 0.211 e. The molecule has 0 atom stereocenters. The highest BCUT2D eigenvalue weighted by molar-refractivity contribution is 7.33. The van der Waals surface area contributed by atoms with E-state index in [1.54, 1.807) is 6.08 Å². The van der Waals surface area contributed by atoms with Crippen molar-refractivity contribution in [2.75, 3.05) is 6.54 Å². The maximum absolute atomic E-state index is 10.0. The van der Waals surface area contributed by atoms with Gasteiger partial charge in [-0.2, -0.15) is 22.2 Å². The zero-order valence-electron chi connectivity index (χ0n) is 29.6. The Bertz CT molecular complexity index is 570. The van der Waals surface area contributed by atoms with E-state index in [1.165, 1.54) is 225 Å². The van der Waals surface area contributed by atoms with Gasteiger partial charge in [-0.1, -0.05) is 225 Å². The average molecular weight is 675 g/mol. The highest BCUT2D eigenvalue weighted by Crippen LogP contribution is 2.18. The van der Waals surface area contributed by atoms with Crippen LogP contribution in [0.15, 0.2) is 4.99 Å². The maximum Gasteiger partial charge on any atom is 0.237 e. The molecule has 0 rings (SSSR count). The van der Waals surface area contributed by atoms with Crippen molar-refractivity contribution in [2.45, 2.75) is 237 Å². The molecule has 0 spiro atoms. The minimum atomic E-state index is -1.34. The molecule has 0 aliphatic heterocycles. The Morgan fingerprint density at radius 1 is 0.318 bits per heavy atom. The minimum absolute atomic E-state index is 0.667. The molecule has 0 saturated carbocycles. The summed E-state index contributed by atoms with van der Waals surface area (Å²) in [5.41, 5.74) is 0. The van der Waals surface area contributed by atoms with Crippen LogP contribution >= 0.6 is 22.2 Å². The Balaban J connectivity index is 3.04. The first-order valence-electron chi connectivity index (χ1n) is 20.1. The van der Waals surface area contributed by atoms with Crippen LogP contribution in [0.2, 0.25) is 6.04 Å². The van der Waals surface area contributed by atoms with E-state index in [2.05, 4.69) is 4.99 Å². The number of isocyanates is 1. The molecular formula is C39H77Cl2NOSi. The summed E-state index contributed by atoms with van der Waals surface area (Å²) in [5, 5.41) is 0. The van der Waals surface area contributed by atoms with Gasteiger partial charge in [0.1, 0.15) is 0 Å². The summed E-state index contributed by atoms with van der Waals surface area (Å²) in [5.74, 6) is 0. The van der Waals surface area contributed by atoms with Crippen molar-refractivity contribution in [1.82, 2.24) is 0 Å². The topological polar surface area (TPSA) is 29.4 Å². The number of aliphatic imine (C=N–C) groups is 1. The molecule has 0 heterocycles. The summed E-state index contributed by atoms with van der Waals surface area (Å²) in [6, 6.07) is 1.10. The molecule has 0 aliphatic rings. The zero-order valence-corrected chi connectivity index (χ0v) is 32.2. The molecule has 0 saturated heterocycles. The van der Waals surface area contributed by atoms with Gasteiger partial charge in [-0.05, 0) is 12.5 Å². The van der Waals surface area contributed by atoms with Gasteiger partial charge < -0.3 is 0 Å². The Kier molecular flexibility index (Phi) is 41.4. The molecule has 0 radical (unpaired) electrons. The first-order valence-corrected chi connectivity index (χ1v) is 24.4. The second-order valence-electron chi connectivity index (χ2n) is 13.9. The highest BCUT2D eigenvalue weighted by atomic mass is 35.7. The van der Waals surface area contributed by atoms with Crippen LogP contribution in [0.5, 0.6) is 0 Å². The molecule has 44 heavy (non-hydrogen) atoms. The zero-order chi connectivity index (χ0) is 31.9. The molecule has 0 aliphatic carbocycles. The maximum atomic E-state index is 10.0. The van der Waals surface area contributed by atoms with E-state index in [9.17, 15) is 4.79 Å². The SMILES string of the molecule is O=C=NCCCCCCCCCCCCCCCCCCCCCCCCCCCCCCCCCCCCCC[SiH](Cl)Cl. The third kappa shape index (κ3) is 42.2. The molecule has 0 bridgehead atoms. The largest absolute Gasteiger partial charge is 0.237 e. The van der Waals surface area contributed by atoms with Crippen LogP contribution in [0.3, 0.4) is 0 Å². The van der Waals surface area contributed by atoms with Crippen molar-refractivity contribution in [3.63, 3.8) is 0 Å². The quantitative estimate of drug-likeness (QED) is 0.0210. The van der Waals surface area contributed by atoms with Gasteiger partial charge in [-0.3, -0.25) is 0 Å². The molecule has 0 unspecified atom stereocenters. The summed E-state index contributed by atoms with van der Waals surface area (Å²) in [7, 11) is -1.34. The Morgan fingerprint density at radius 3 is 0.682 bits per heavy atom. The molecule has 2 nitrogen and oxygen atoms in total. The standard InChI is InChI=1S/C39H77Cl2NOSi/c40-44(41)38-36-34-32-30-28-26-24-22-20-18-16-14-12-10-8-6-4-2-1-3-5-7-9-11-13-15-17-19-21-23-25-27-29-31-33-35-37-42-39-43/h44H,1-38H2. The van der Waals surface area contributed by atoms with Crippen molar-refractivity contribution in [1.29, 1.82) is 0 Å². The molecule has 0 fully saturated rings. The minimum Gasteiger partial charge on any atom is -0.211 e. The molecule has 262 valence electrons. The van der Waals surface area contributed by atoms with E-state index in [1.807, 2.05) is 0 Å². The van der Waals surface area contributed by atoms with Crippen LogP contribution in [0.25, 0.3) is 0 Å². The Hall–Kier alpha value is 0.177. The van der Waals surface area contributed by atoms with Crippen LogP contribution in [0.1, 0.15) is 231 Å². The summed E-state index contributed by atoms with van der Waals surface area (Å²) >= 11 is 11.8. The molecule has 0 aromatic heterocycles. The highest BCUT2D eigenvalue weighted by Gasteiger charge is 2.01. The van der Waals surface area contributed by atoms with Gasteiger partial charge in [-0.25, -0.2) is 9.79 Å². The van der Waals surface area contributed by atoms with Gasteiger partial charge in [0.15, 0.2) is 0 Å². The Morgan fingerprint density at radius 2 is 0.500 bits per heavy atom. The lowest BCUT2D eigenvalue weighted by Gasteiger charge is -2.05. The van der Waals surface area contributed by atoms with Crippen molar-refractivity contribution in [3.05, 3.63) is 0 Å². The van der Waals surface area contributed by atoms with Crippen molar-refractivity contribution >= 4 is 35.7 Å². The van der Waals surface area contributed by atoms with Crippen molar-refractivity contribution in [3.8, 4) is 0 Å². The monoisotopic (exact) mass is 674 g/mol. The fraction of sp³-hybridized carbons (Fsp3) is 0.974. The third-order valence-corrected chi connectivity index (χ3v) is 11.7. The predicted octanol–water partition coefficient (Wildman–Crippen LogP) is 15.1. The summed E-state index contributed by atoms with van der Waals surface area (Å²) < 4.78 is 0. The van der Waals surface area contributed by atoms with Crippen molar-refractivity contribution < 1.29 is 4.79 Å². The van der Waals surface area contributed by atoms with Crippen LogP contribution in [0, 0.1) is 0 Å². The molecule has 5 heteroatoms. The van der Waals surface area contributed by atoms with Gasteiger partial charge >= 0.3 is 0 Å². The van der Waals surface area contributed by atoms with Crippen LogP contribution in [-0.4, -0.2) is 20.0 Å². The van der Waals surface area contributed by atoms with E-state index in [0.29, 0.717) is 6.54 Å². The number of halogens is 2. The van der Waals surface area contributed by atoms with Gasteiger partial charge in [0.25, 0.3) is 0 Å². The fourth-order valence-electron chi connectivity index (χ4n) is 6.55. The lowest BCUT2D eigenvalue weighted by atomic mass is 10.0. The van der Waals surface area contributed by atoms with Gasteiger partial charge in [0, 0.05) is 0 Å². The van der Waals surface area contributed by atoms with Gasteiger partial charge in [0.05, 0.1) is 6.54 Å². The summed E-state index contributed by atoms with van der Waals surface area (Å²) in [4.78, 5) is 13.6. The number of carbonyl (C=O) groups excluding carboxylic acids is 1.